The van der Waals surface area contributed by atoms with Crippen LogP contribution in [-0.2, 0) is 21.1 Å². The third-order valence-electron chi connectivity index (χ3n) is 3.91. The largest absolute Gasteiger partial charge is 0.478 e. The molecule has 7 heteroatoms. The summed E-state index contributed by atoms with van der Waals surface area (Å²) in [5, 5.41) is 9.03. The molecule has 0 bridgehead atoms. The normalized spacial score (nSPS) is 14.9. The van der Waals surface area contributed by atoms with E-state index in [9.17, 15) is 18.0 Å². The van der Waals surface area contributed by atoms with E-state index in [0.29, 0.717) is 18.7 Å². The second-order valence-electron chi connectivity index (χ2n) is 5.64. The van der Waals surface area contributed by atoms with Crippen LogP contribution in [0.4, 0.5) is 5.69 Å². The van der Waals surface area contributed by atoms with Gasteiger partial charge in [0, 0.05) is 18.5 Å². The number of carboxylic acids is 1. The zero-order valence-electron chi connectivity index (χ0n) is 12.1. The fourth-order valence-corrected chi connectivity index (χ4v) is 2.63. The molecule has 0 aromatic heterocycles. The molecule has 1 amide bonds. The lowest BCUT2D eigenvalue weighted by molar-refractivity contribution is -0.120. The minimum atomic E-state index is -3.58. The van der Waals surface area contributed by atoms with Crippen molar-refractivity contribution >= 4 is 27.4 Å². The maximum atomic E-state index is 12.6. The van der Waals surface area contributed by atoms with E-state index in [-0.39, 0.29) is 5.56 Å². The second kappa shape index (κ2) is 4.84. The van der Waals surface area contributed by atoms with Crippen LogP contribution in [0, 0.1) is 0 Å². The van der Waals surface area contributed by atoms with Crippen LogP contribution in [0.1, 0.15) is 29.8 Å². The zero-order valence-corrected chi connectivity index (χ0v) is 12.9. The summed E-state index contributed by atoms with van der Waals surface area (Å²) in [6.07, 6.45) is 1.61. The van der Waals surface area contributed by atoms with E-state index in [2.05, 4.69) is 0 Å². The summed E-state index contributed by atoms with van der Waals surface area (Å²) in [7, 11) is -3.58. The van der Waals surface area contributed by atoms with E-state index >= 15 is 0 Å². The fraction of sp³-hybridized carbons (Fsp3) is 0.429. The number of benzene rings is 1. The number of carbonyl (C=O) groups excluding carboxylic acids is 1. The van der Waals surface area contributed by atoms with Gasteiger partial charge < -0.3 is 10.0 Å². The van der Waals surface area contributed by atoms with Crippen molar-refractivity contribution in [3.05, 3.63) is 29.3 Å². The first-order valence-electron chi connectivity index (χ1n) is 6.43. The Morgan fingerprint density at radius 1 is 1.29 bits per heavy atom. The van der Waals surface area contributed by atoms with Gasteiger partial charge in [-0.3, -0.25) is 4.79 Å². The molecule has 1 aromatic rings. The number of hydrogen-bond donors (Lipinski definition) is 1. The Labute approximate surface area is 123 Å². The first kappa shape index (κ1) is 15.5. The second-order valence-corrected chi connectivity index (χ2v) is 8.20. The van der Waals surface area contributed by atoms with Gasteiger partial charge in [-0.1, -0.05) is 6.07 Å². The summed E-state index contributed by atoms with van der Waals surface area (Å²) in [4.78, 5) is 25.0. The van der Waals surface area contributed by atoms with E-state index in [0.717, 1.165) is 11.8 Å². The Balaban J connectivity index is 2.45. The molecule has 114 valence electrons. The molecule has 0 fully saturated rings. The maximum Gasteiger partial charge on any atom is 0.335 e. The van der Waals surface area contributed by atoms with E-state index in [1.807, 2.05) is 0 Å². The quantitative estimate of drug-likeness (QED) is 0.902. The smallest absolute Gasteiger partial charge is 0.335 e. The molecular formula is C14H17NO5S. The molecule has 1 N–H and O–H groups in total. The van der Waals surface area contributed by atoms with E-state index < -0.39 is 26.5 Å². The molecule has 0 saturated carbocycles. The average Bonchev–Trinajstić information content (AvgIpc) is 2.78. The van der Waals surface area contributed by atoms with E-state index in [4.69, 9.17) is 5.11 Å². The molecule has 6 nitrogen and oxygen atoms in total. The number of hydrogen-bond acceptors (Lipinski definition) is 4. The molecule has 1 aliphatic rings. The van der Waals surface area contributed by atoms with Crippen LogP contribution in [0.2, 0.25) is 0 Å². The lowest BCUT2D eigenvalue weighted by Crippen LogP contribution is -2.49. The van der Waals surface area contributed by atoms with Crippen molar-refractivity contribution in [2.45, 2.75) is 25.0 Å². The highest BCUT2D eigenvalue weighted by molar-refractivity contribution is 7.92. The van der Waals surface area contributed by atoms with Crippen LogP contribution in [0.25, 0.3) is 0 Å². The minimum absolute atomic E-state index is 0.0746. The average molecular weight is 311 g/mol. The van der Waals surface area contributed by atoms with Crippen LogP contribution in [-0.4, -0.2) is 42.9 Å². The molecule has 0 radical (unpaired) electrons. The number of anilines is 1. The Hall–Kier alpha value is -1.89. The topological polar surface area (TPSA) is 91.8 Å². The highest BCUT2D eigenvalue weighted by Crippen LogP contribution is 2.32. The Kier molecular flexibility index (Phi) is 3.57. The van der Waals surface area contributed by atoms with Gasteiger partial charge in [-0.25, -0.2) is 13.2 Å². The number of carboxylic acid groups (broad SMARTS) is 1. The molecule has 1 aromatic carbocycles. The Morgan fingerprint density at radius 3 is 2.43 bits per heavy atom. The molecule has 2 rings (SSSR count). The molecule has 0 unspecified atom stereocenters. The summed E-state index contributed by atoms with van der Waals surface area (Å²) in [6.45, 7) is 3.09. The summed E-state index contributed by atoms with van der Waals surface area (Å²) in [5.74, 6) is -1.62. The van der Waals surface area contributed by atoms with Crippen molar-refractivity contribution in [1.82, 2.24) is 0 Å². The molecule has 0 saturated heterocycles. The van der Waals surface area contributed by atoms with Crippen LogP contribution >= 0.6 is 0 Å². The Bertz CT molecular complexity index is 721. The van der Waals surface area contributed by atoms with Gasteiger partial charge in [0.15, 0.2) is 9.84 Å². The number of sulfone groups is 1. The third kappa shape index (κ3) is 2.53. The zero-order chi connectivity index (χ0) is 16.0. The number of aromatic carboxylic acids is 1. The summed E-state index contributed by atoms with van der Waals surface area (Å²) < 4.78 is 22.0. The minimum Gasteiger partial charge on any atom is -0.478 e. The predicted molar refractivity (Wildman–Crippen MR) is 78.4 cm³/mol. The number of amides is 1. The van der Waals surface area contributed by atoms with Gasteiger partial charge in [-0.05, 0) is 38.0 Å². The van der Waals surface area contributed by atoms with Crippen molar-refractivity contribution in [2.75, 3.05) is 17.7 Å². The molecular weight excluding hydrogens is 294 g/mol. The van der Waals surface area contributed by atoms with Crippen LogP contribution < -0.4 is 4.90 Å². The first-order valence-corrected chi connectivity index (χ1v) is 8.32. The summed E-state index contributed by atoms with van der Waals surface area (Å²) >= 11 is 0. The van der Waals surface area contributed by atoms with Crippen molar-refractivity contribution < 1.29 is 23.1 Å². The van der Waals surface area contributed by atoms with Gasteiger partial charge in [-0.15, -0.1) is 0 Å². The predicted octanol–water partition coefficient (Wildman–Crippen LogP) is 1.10. The van der Waals surface area contributed by atoms with E-state index in [1.54, 1.807) is 6.07 Å². The van der Waals surface area contributed by atoms with Crippen molar-refractivity contribution in [2.24, 2.45) is 0 Å². The highest BCUT2D eigenvalue weighted by atomic mass is 32.2. The SMILES string of the molecule is CC(C)(C(=O)N1CCc2ccc(C(=O)O)cc21)S(C)(=O)=O. The molecule has 21 heavy (non-hydrogen) atoms. The monoisotopic (exact) mass is 311 g/mol. The van der Waals surface area contributed by atoms with Crippen molar-refractivity contribution in [3.63, 3.8) is 0 Å². The third-order valence-corrected chi connectivity index (χ3v) is 5.94. The maximum absolute atomic E-state index is 12.6. The van der Waals surface area contributed by atoms with Crippen LogP contribution in [0.3, 0.4) is 0 Å². The molecule has 0 atom stereocenters. The van der Waals surface area contributed by atoms with Gasteiger partial charge in [0.05, 0.1) is 5.56 Å². The lowest BCUT2D eigenvalue weighted by Gasteiger charge is -2.28. The van der Waals surface area contributed by atoms with Crippen molar-refractivity contribution in [1.29, 1.82) is 0 Å². The standard InChI is InChI=1S/C14H17NO5S/c1-14(2,21(3,19)20)13(18)15-7-6-9-4-5-10(12(16)17)8-11(9)15/h4-5,8H,6-7H2,1-3H3,(H,16,17). The number of carbonyl (C=O) groups is 2. The van der Waals surface area contributed by atoms with Gasteiger partial charge in [0.1, 0.15) is 4.75 Å². The van der Waals surface area contributed by atoms with E-state index in [1.165, 1.54) is 30.9 Å². The van der Waals surface area contributed by atoms with Gasteiger partial charge in [0.25, 0.3) is 0 Å². The Morgan fingerprint density at radius 2 is 1.90 bits per heavy atom. The number of nitrogens with zero attached hydrogens (tertiary/aromatic N) is 1. The van der Waals surface area contributed by atoms with Crippen LogP contribution in [0.5, 0.6) is 0 Å². The molecule has 0 spiro atoms. The molecule has 0 aliphatic carbocycles. The number of rotatable bonds is 3. The number of fused-ring (bicyclic) bond motifs is 1. The van der Waals surface area contributed by atoms with Gasteiger partial charge in [0.2, 0.25) is 5.91 Å². The molecule has 1 heterocycles. The summed E-state index contributed by atoms with van der Waals surface area (Å²) in [5.41, 5.74) is 1.40. The lowest BCUT2D eigenvalue weighted by atomic mass is 10.1. The molecule has 1 aliphatic heterocycles. The van der Waals surface area contributed by atoms with Gasteiger partial charge >= 0.3 is 5.97 Å². The fourth-order valence-electron chi connectivity index (χ4n) is 2.21. The highest BCUT2D eigenvalue weighted by Gasteiger charge is 2.43. The van der Waals surface area contributed by atoms with Gasteiger partial charge in [-0.2, -0.15) is 0 Å². The first-order chi connectivity index (χ1) is 9.55. The van der Waals surface area contributed by atoms with Crippen LogP contribution in [0.15, 0.2) is 18.2 Å². The van der Waals surface area contributed by atoms with Crippen molar-refractivity contribution in [3.8, 4) is 0 Å². The summed E-state index contributed by atoms with van der Waals surface area (Å²) in [6, 6.07) is 4.57.